The molecule has 0 unspecified atom stereocenters. The van der Waals surface area contributed by atoms with Crippen molar-refractivity contribution >= 4 is 49.7 Å². The van der Waals surface area contributed by atoms with Gasteiger partial charge in [0.15, 0.2) is 0 Å². The first-order chi connectivity index (χ1) is 16.9. The van der Waals surface area contributed by atoms with Crippen LogP contribution in [0.5, 0.6) is 5.75 Å². The molecule has 0 aromatic heterocycles. The standard InChI is InChI=1S/C27H23ClN2O4S/c1-34-22-12-14-23(15-13-22)35(32,33)30(21-10-8-20(28)9-11-21)17-26(31)29-25-16-7-19-6-5-18-3-2-4-24(25)27(18)19/h2-4,7-16H,5-6,17H2,1H3,(H,29,31). The number of methoxy groups -OCH3 is 1. The zero-order chi connectivity index (χ0) is 24.6. The van der Waals surface area contributed by atoms with E-state index in [1.165, 1.54) is 35.8 Å². The highest BCUT2D eigenvalue weighted by molar-refractivity contribution is 7.92. The summed E-state index contributed by atoms with van der Waals surface area (Å²) in [5.41, 5.74) is 3.52. The van der Waals surface area contributed by atoms with Crippen LogP contribution in [0.2, 0.25) is 5.02 Å². The molecule has 0 saturated carbocycles. The Balaban J connectivity index is 1.48. The molecule has 0 saturated heterocycles. The Morgan fingerprint density at radius 1 is 0.943 bits per heavy atom. The predicted octanol–water partition coefficient (Wildman–Crippen LogP) is 5.43. The zero-order valence-corrected chi connectivity index (χ0v) is 20.6. The molecule has 1 aliphatic carbocycles. The maximum absolute atomic E-state index is 13.6. The van der Waals surface area contributed by atoms with Gasteiger partial charge in [0.2, 0.25) is 5.91 Å². The molecule has 4 aromatic carbocycles. The highest BCUT2D eigenvalue weighted by atomic mass is 35.5. The molecular formula is C27H23ClN2O4S. The number of halogens is 1. The number of benzene rings is 4. The molecule has 1 N–H and O–H groups in total. The van der Waals surface area contributed by atoms with Crippen molar-refractivity contribution in [3.05, 3.63) is 95.0 Å². The smallest absolute Gasteiger partial charge is 0.264 e. The number of ether oxygens (including phenoxy) is 1. The monoisotopic (exact) mass is 506 g/mol. The number of hydrogen-bond acceptors (Lipinski definition) is 4. The second-order valence-corrected chi connectivity index (χ2v) is 10.6. The van der Waals surface area contributed by atoms with Gasteiger partial charge in [-0.3, -0.25) is 9.10 Å². The second-order valence-electron chi connectivity index (χ2n) is 8.32. The van der Waals surface area contributed by atoms with Crippen LogP contribution in [0.3, 0.4) is 0 Å². The Bertz CT molecular complexity index is 1510. The summed E-state index contributed by atoms with van der Waals surface area (Å²) in [5.74, 6) is 0.0857. The van der Waals surface area contributed by atoms with Crippen LogP contribution in [0.4, 0.5) is 11.4 Å². The lowest BCUT2D eigenvalue weighted by atomic mass is 10.0. The van der Waals surface area contributed by atoms with Crippen LogP contribution in [0.15, 0.2) is 83.8 Å². The van der Waals surface area contributed by atoms with Crippen LogP contribution in [0.1, 0.15) is 11.1 Å². The van der Waals surface area contributed by atoms with Gasteiger partial charge in [0.05, 0.1) is 17.7 Å². The molecule has 4 aromatic rings. The molecule has 6 nitrogen and oxygen atoms in total. The minimum absolute atomic E-state index is 0.0476. The molecule has 0 radical (unpaired) electrons. The normalized spacial score (nSPS) is 12.5. The van der Waals surface area contributed by atoms with Crippen LogP contribution >= 0.6 is 11.6 Å². The van der Waals surface area contributed by atoms with Gasteiger partial charge in [0, 0.05) is 16.1 Å². The van der Waals surface area contributed by atoms with Gasteiger partial charge >= 0.3 is 0 Å². The van der Waals surface area contributed by atoms with E-state index in [0.29, 0.717) is 22.1 Å². The lowest BCUT2D eigenvalue weighted by molar-refractivity contribution is -0.114. The van der Waals surface area contributed by atoms with E-state index in [0.717, 1.165) is 22.5 Å². The Morgan fingerprint density at radius 3 is 2.31 bits per heavy atom. The number of hydrogen-bond donors (Lipinski definition) is 1. The summed E-state index contributed by atoms with van der Waals surface area (Å²) in [6, 6.07) is 22.4. The molecule has 0 heterocycles. The Kier molecular flexibility index (Phi) is 6.13. The second kappa shape index (κ2) is 9.24. The molecule has 8 heteroatoms. The highest BCUT2D eigenvalue weighted by Crippen LogP contribution is 2.35. The number of carbonyl (C=O) groups is 1. The van der Waals surface area contributed by atoms with Crippen molar-refractivity contribution in [2.75, 3.05) is 23.3 Å². The lowest BCUT2D eigenvalue weighted by Gasteiger charge is -2.24. The number of nitrogens with zero attached hydrogens (tertiary/aromatic N) is 1. The topological polar surface area (TPSA) is 75.7 Å². The van der Waals surface area contributed by atoms with Crippen molar-refractivity contribution in [1.29, 1.82) is 0 Å². The third-order valence-corrected chi connectivity index (χ3v) is 8.24. The predicted molar refractivity (Wildman–Crippen MR) is 139 cm³/mol. The molecular weight excluding hydrogens is 484 g/mol. The van der Waals surface area contributed by atoms with Crippen molar-refractivity contribution in [1.82, 2.24) is 0 Å². The minimum Gasteiger partial charge on any atom is -0.497 e. The van der Waals surface area contributed by atoms with Crippen molar-refractivity contribution in [3.8, 4) is 5.75 Å². The van der Waals surface area contributed by atoms with Gasteiger partial charge in [-0.05, 0) is 84.0 Å². The van der Waals surface area contributed by atoms with E-state index in [1.54, 1.807) is 36.4 Å². The van der Waals surface area contributed by atoms with Crippen LogP contribution in [-0.2, 0) is 27.7 Å². The molecule has 0 atom stereocenters. The fourth-order valence-corrected chi connectivity index (χ4v) is 6.02. The summed E-state index contributed by atoms with van der Waals surface area (Å²) < 4.78 is 33.4. The number of rotatable bonds is 7. The van der Waals surface area contributed by atoms with Gasteiger partial charge in [0.1, 0.15) is 12.3 Å². The van der Waals surface area contributed by atoms with E-state index in [1.807, 2.05) is 24.3 Å². The summed E-state index contributed by atoms with van der Waals surface area (Å²) in [4.78, 5) is 13.3. The Morgan fingerprint density at radius 2 is 1.63 bits per heavy atom. The lowest BCUT2D eigenvalue weighted by Crippen LogP contribution is -2.38. The molecule has 35 heavy (non-hydrogen) atoms. The Labute approximate surface area is 209 Å². The Hall–Kier alpha value is -3.55. The molecule has 0 aliphatic heterocycles. The summed E-state index contributed by atoms with van der Waals surface area (Å²) in [7, 11) is -2.54. The van der Waals surface area contributed by atoms with Gasteiger partial charge in [-0.2, -0.15) is 0 Å². The minimum atomic E-state index is -4.05. The van der Waals surface area contributed by atoms with Crippen LogP contribution in [0.25, 0.3) is 10.8 Å². The van der Waals surface area contributed by atoms with Crippen molar-refractivity contribution in [2.45, 2.75) is 17.7 Å². The highest BCUT2D eigenvalue weighted by Gasteiger charge is 2.28. The van der Waals surface area contributed by atoms with E-state index in [4.69, 9.17) is 16.3 Å². The summed E-state index contributed by atoms with van der Waals surface area (Å²) >= 11 is 6.02. The molecule has 1 aliphatic rings. The largest absolute Gasteiger partial charge is 0.497 e. The first kappa shape index (κ1) is 23.2. The maximum Gasteiger partial charge on any atom is 0.264 e. The van der Waals surface area contributed by atoms with Crippen LogP contribution < -0.4 is 14.4 Å². The molecule has 5 rings (SSSR count). The van der Waals surface area contributed by atoms with E-state index in [-0.39, 0.29) is 4.90 Å². The van der Waals surface area contributed by atoms with Gasteiger partial charge in [-0.15, -0.1) is 0 Å². The molecule has 0 fully saturated rings. The number of carbonyl (C=O) groups excluding carboxylic acids is 1. The number of sulfonamides is 1. The molecule has 0 spiro atoms. The van der Waals surface area contributed by atoms with Crippen LogP contribution in [-0.4, -0.2) is 28.0 Å². The van der Waals surface area contributed by atoms with Crippen molar-refractivity contribution in [2.24, 2.45) is 0 Å². The van der Waals surface area contributed by atoms with Gasteiger partial charge in [-0.25, -0.2) is 8.42 Å². The summed E-state index contributed by atoms with van der Waals surface area (Å²) in [5, 5.41) is 5.53. The third-order valence-electron chi connectivity index (χ3n) is 6.20. The molecule has 0 bridgehead atoms. The van der Waals surface area contributed by atoms with Gasteiger partial charge in [-0.1, -0.05) is 35.9 Å². The zero-order valence-electron chi connectivity index (χ0n) is 19.0. The third kappa shape index (κ3) is 4.45. The van der Waals surface area contributed by atoms with Crippen LogP contribution in [0, 0.1) is 0 Å². The average molecular weight is 507 g/mol. The number of anilines is 2. The number of amides is 1. The van der Waals surface area contributed by atoms with E-state index in [9.17, 15) is 13.2 Å². The SMILES string of the molecule is COc1ccc(S(=O)(=O)N(CC(=O)Nc2ccc3c4c(cccc24)CC3)c2ccc(Cl)cc2)cc1. The quantitative estimate of drug-likeness (QED) is 0.362. The first-order valence-electron chi connectivity index (χ1n) is 11.1. The molecule has 178 valence electrons. The first-order valence-corrected chi connectivity index (χ1v) is 12.9. The van der Waals surface area contributed by atoms with E-state index < -0.39 is 22.5 Å². The number of aryl methyl sites for hydroxylation is 2. The molecule has 1 amide bonds. The van der Waals surface area contributed by atoms with Gasteiger partial charge in [0.25, 0.3) is 10.0 Å². The summed E-state index contributed by atoms with van der Waals surface area (Å²) in [6.45, 7) is -0.404. The van der Waals surface area contributed by atoms with E-state index in [2.05, 4.69) is 11.4 Å². The maximum atomic E-state index is 13.6. The average Bonchev–Trinajstić information content (AvgIpc) is 3.29. The van der Waals surface area contributed by atoms with Crippen molar-refractivity contribution in [3.63, 3.8) is 0 Å². The number of nitrogens with one attached hydrogen (secondary N) is 1. The summed E-state index contributed by atoms with van der Waals surface area (Å²) in [6.07, 6.45) is 1.96. The van der Waals surface area contributed by atoms with Gasteiger partial charge < -0.3 is 10.1 Å². The fourth-order valence-electron chi connectivity index (χ4n) is 4.47. The fraction of sp³-hybridized carbons (Fsp3) is 0.148. The van der Waals surface area contributed by atoms with Crippen molar-refractivity contribution < 1.29 is 17.9 Å². The van der Waals surface area contributed by atoms with E-state index >= 15 is 0 Å².